The molecule has 7 nitrogen and oxygen atoms in total. The van der Waals surface area contributed by atoms with Gasteiger partial charge in [-0.1, -0.05) is 18.2 Å². The van der Waals surface area contributed by atoms with Crippen molar-refractivity contribution in [1.29, 1.82) is 0 Å². The summed E-state index contributed by atoms with van der Waals surface area (Å²) >= 11 is 0. The third-order valence-corrected chi connectivity index (χ3v) is 6.21. The van der Waals surface area contributed by atoms with Gasteiger partial charge in [-0.25, -0.2) is 21.6 Å². The Kier molecular flexibility index (Phi) is 5.71. The van der Waals surface area contributed by atoms with E-state index >= 15 is 0 Å². The van der Waals surface area contributed by atoms with Crippen LogP contribution in [0.25, 0.3) is 0 Å². The molecule has 0 aliphatic heterocycles. The van der Waals surface area contributed by atoms with Crippen LogP contribution in [0.3, 0.4) is 0 Å². The first-order valence-corrected chi connectivity index (χ1v) is 10.4. The number of hydrogen-bond donors (Lipinski definition) is 2. The first-order chi connectivity index (χ1) is 11.7. The van der Waals surface area contributed by atoms with Crippen LogP contribution in [0, 0.1) is 0 Å². The second kappa shape index (κ2) is 7.42. The van der Waals surface area contributed by atoms with E-state index in [1.54, 1.807) is 32.0 Å². The van der Waals surface area contributed by atoms with E-state index in [1.807, 2.05) is 0 Å². The van der Waals surface area contributed by atoms with Crippen LogP contribution in [-0.2, 0) is 20.0 Å². The van der Waals surface area contributed by atoms with Gasteiger partial charge in [0.2, 0.25) is 10.0 Å². The summed E-state index contributed by atoms with van der Waals surface area (Å²) in [5.74, 6) is 0.211. The maximum Gasteiger partial charge on any atom is 0.262 e. The van der Waals surface area contributed by atoms with Gasteiger partial charge in [0.15, 0.2) is 0 Å². The van der Waals surface area contributed by atoms with Gasteiger partial charge in [-0.3, -0.25) is 4.72 Å². The van der Waals surface area contributed by atoms with E-state index in [0.717, 1.165) is 0 Å². The van der Waals surface area contributed by atoms with Crippen LogP contribution in [0.15, 0.2) is 58.3 Å². The molecule has 2 aromatic carbocycles. The van der Waals surface area contributed by atoms with Crippen molar-refractivity contribution in [2.75, 3.05) is 11.8 Å². The van der Waals surface area contributed by atoms with Crippen LogP contribution in [0.1, 0.15) is 13.8 Å². The van der Waals surface area contributed by atoms with Crippen molar-refractivity contribution in [3.05, 3.63) is 48.5 Å². The quantitative estimate of drug-likeness (QED) is 0.762. The zero-order valence-electron chi connectivity index (χ0n) is 14.1. The summed E-state index contributed by atoms with van der Waals surface area (Å²) in [5, 5.41) is 0. The van der Waals surface area contributed by atoms with Crippen LogP contribution in [0.4, 0.5) is 5.69 Å². The fraction of sp³-hybridized carbons (Fsp3) is 0.250. The zero-order valence-corrected chi connectivity index (χ0v) is 15.7. The van der Waals surface area contributed by atoms with Crippen LogP contribution in [-0.4, -0.2) is 30.0 Å². The number of hydrogen-bond acceptors (Lipinski definition) is 5. The molecular formula is C16H20N2O5S2. The van der Waals surface area contributed by atoms with Gasteiger partial charge in [-0.2, -0.15) is 0 Å². The Balaban J connectivity index is 2.45. The van der Waals surface area contributed by atoms with Crippen molar-refractivity contribution in [2.45, 2.75) is 29.7 Å². The van der Waals surface area contributed by atoms with Gasteiger partial charge >= 0.3 is 0 Å². The van der Waals surface area contributed by atoms with Gasteiger partial charge in [0, 0.05) is 6.04 Å². The van der Waals surface area contributed by atoms with E-state index in [2.05, 4.69) is 9.44 Å². The van der Waals surface area contributed by atoms with E-state index in [1.165, 1.54) is 37.4 Å². The molecular weight excluding hydrogens is 364 g/mol. The molecule has 0 saturated carbocycles. The molecule has 0 aliphatic carbocycles. The molecule has 0 amide bonds. The van der Waals surface area contributed by atoms with Crippen LogP contribution in [0.5, 0.6) is 5.75 Å². The average molecular weight is 384 g/mol. The largest absolute Gasteiger partial charge is 0.495 e. The summed E-state index contributed by atoms with van der Waals surface area (Å²) in [6, 6.07) is 11.5. The second-order valence-electron chi connectivity index (χ2n) is 5.56. The predicted molar refractivity (Wildman–Crippen MR) is 95.7 cm³/mol. The lowest BCUT2D eigenvalue weighted by Gasteiger charge is -2.15. The predicted octanol–water partition coefficient (Wildman–Crippen LogP) is 2.18. The fourth-order valence-corrected chi connectivity index (χ4v) is 4.47. The maximum atomic E-state index is 12.5. The molecule has 9 heteroatoms. The number of benzene rings is 2. The SMILES string of the molecule is COc1ccc(S(=O)(=O)NC(C)C)cc1NS(=O)(=O)c1ccccc1. The van der Waals surface area contributed by atoms with Gasteiger partial charge in [0.05, 0.1) is 22.6 Å². The summed E-state index contributed by atoms with van der Waals surface area (Å²) in [6.07, 6.45) is 0. The van der Waals surface area contributed by atoms with Crippen molar-refractivity contribution < 1.29 is 21.6 Å². The summed E-state index contributed by atoms with van der Waals surface area (Å²) in [7, 11) is -6.27. The highest BCUT2D eigenvalue weighted by Gasteiger charge is 2.21. The second-order valence-corrected chi connectivity index (χ2v) is 8.95. The fourth-order valence-electron chi connectivity index (χ4n) is 2.12. The third kappa shape index (κ3) is 4.71. The monoisotopic (exact) mass is 384 g/mol. The Labute approximate surface area is 148 Å². The molecule has 0 aromatic heterocycles. The van der Waals surface area contributed by atoms with Crippen LogP contribution >= 0.6 is 0 Å². The molecule has 0 saturated heterocycles. The minimum Gasteiger partial charge on any atom is -0.495 e. The highest BCUT2D eigenvalue weighted by molar-refractivity contribution is 7.92. The normalized spacial score (nSPS) is 12.2. The molecule has 0 atom stereocenters. The lowest BCUT2D eigenvalue weighted by molar-refractivity contribution is 0.416. The molecule has 0 radical (unpaired) electrons. The van der Waals surface area contributed by atoms with Gasteiger partial charge in [-0.15, -0.1) is 0 Å². The van der Waals surface area contributed by atoms with Crippen LogP contribution < -0.4 is 14.2 Å². The summed E-state index contributed by atoms with van der Waals surface area (Å²) in [4.78, 5) is -0.00150. The summed E-state index contributed by atoms with van der Waals surface area (Å²) in [6.45, 7) is 3.39. The number of rotatable bonds is 7. The Bertz CT molecular complexity index is 940. The van der Waals surface area contributed by atoms with Crippen molar-refractivity contribution in [2.24, 2.45) is 0 Å². The zero-order chi connectivity index (χ0) is 18.7. The number of sulfonamides is 2. The van der Waals surface area contributed by atoms with E-state index in [0.29, 0.717) is 0 Å². The molecule has 136 valence electrons. The van der Waals surface area contributed by atoms with Crippen molar-refractivity contribution in [3.8, 4) is 5.75 Å². The van der Waals surface area contributed by atoms with Gasteiger partial charge in [0.25, 0.3) is 10.0 Å². The standard InChI is InChI=1S/C16H20N2O5S2/c1-12(2)17-25(21,22)14-9-10-16(23-3)15(11-14)18-24(19,20)13-7-5-4-6-8-13/h4-12,17-18H,1-3H3. The molecule has 2 aromatic rings. The van der Waals surface area contributed by atoms with E-state index in [9.17, 15) is 16.8 Å². The Hall–Kier alpha value is -2.10. The topological polar surface area (TPSA) is 102 Å². The Morgan fingerprint density at radius 1 is 0.880 bits per heavy atom. The Morgan fingerprint density at radius 3 is 2.08 bits per heavy atom. The number of methoxy groups -OCH3 is 1. The number of ether oxygens (including phenoxy) is 1. The van der Waals surface area contributed by atoms with E-state index in [-0.39, 0.29) is 27.3 Å². The average Bonchev–Trinajstić information content (AvgIpc) is 2.54. The highest BCUT2D eigenvalue weighted by Crippen LogP contribution is 2.29. The number of nitrogens with one attached hydrogen (secondary N) is 2. The minimum atomic E-state index is -3.88. The molecule has 0 bridgehead atoms. The first-order valence-electron chi connectivity index (χ1n) is 7.44. The third-order valence-electron chi connectivity index (χ3n) is 3.17. The van der Waals surface area contributed by atoms with Gasteiger partial charge < -0.3 is 4.74 Å². The van der Waals surface area contributed by atoms with E-state index in [4.69, 9.17) is 4.74 Å². The molecule has 0 aliphatic rings. The van der Waals surface area contributed by atoms with Gasteiger partial charge in [-0.05, 0) is 44.2 Å². The van der Waals surface area contributed by atoms with Crippen molar-refractivity contribution in [3.63, 3.8) is 0 Å². The van der Waals surface area contributed by atoms with E-state index < -0.39 is 20.0 Å². The highest BCUT2D eigenvalue weighted by atomic mass is 32.2. The Morgan fingerprint density at radius 2 is 1.52 bits per heavy atom. The first kappa shape index (κ1) is 19.2. The van der Waals surface area contributed by atoms with Crippen molar-refractivity contribution >= 4 is 25.7 Å². The molecule has 0 unspecified atom stereocenters. The van der Waals surface area contributed by atoms with Crippen molar-refractivity contribution in [1.82, 2.24) is 4.72 Å². The summed E-state index contributed by atoms with van der Waals surface area (Å²) < 4.78 is 59.5. The lowest BCUT2D eigenvalue weighted by atomic mass is 10.3. The lowest BCUT2D eigenvalue weighted by Crippen LogP contribution is -2.30. The van der Waals surface area contributed by atoms with Crippen LogP contribution in [0.2, 0.25) is 0 Å². The number of anilines is 1. The molecule has 0 spiro atoms. The maximum absolute atomic E-state index is 12.5. The molecule has 2 rings (SSSR count). The smallest absolute Gasteiger partial charge is 0.262 e. The molecule has 0 fully saturated rings. The molecule has 0 heterocycles. The minimum absolute atomic E-state index is 0.0398. The van der Waals surface area contributed by atoms with Gasteiger partial charge in [0.1, 0.15) is 5.75 Å². The molecule has 25 heavy (non-hydrogen) atoms. The molecule has 2 N–H and O–H groups in total. The summed E-state index contributed by atoms with van der Waals surface area (Å²) in [5.41, 5.74) is 0.0398.